The van der Waals surface area contributed by atoms with Gasteiger partial charge in [-0.3, -0.25) is 4.79 Å². The second kappa shape index (κ2) is 7.35. The predicted octanol–water partition coefficient (Wildman–Crippen LogP) is 4.12. The topological polar surface area (TPSA) is 83.2 Å². The SMILES string of the molecule is Cc1ccc(NC(=O)Nc2ccc(Oc3ccc(=O)[nH]c3)cc2)cc1. The molecular weight excluding hydrogens is 318 g/mol. The molecular formula is C19H17N3O3. The van der Waals surface area contributed by atoms with E-state index < -0.39 is 0 Å². The molecule has 2 amide bonds. The normalized spacial score (nSPS) is 10.1. The molecule has 3 N–H and O–H groups in total. The molecule has 0 aliphatic carbocycles. The van der Waals surface area contributed by atoms with Crippen LogP contribution in [0.2, 0.25) is 0 Å². The number of nitrogens with one attached hydrogen (secondary N) is 3. The van der Waals surface area contributed by atoms with E-state index in [9.17, 15) is 9.59 Å². The van der Waals surface area contributed by atoms with E-state index >= 15 is 0 Å². The van der Waals surface area contributed by atoms with E-state index in [0.29, 0.717) is 17.2 Å². The number of hydrogen-bond acceptors (Lipinski definition) is 3. The predicted molar refractivity (Wildman–Crippen MR) is 97.4 cm³/mol. The Labute approximate surface area is 144 Å². The van der Waals surface area contributed by atoms with Crippen LogP contribution in [0.1, 0.15) is 5.56 Å². The number of benzene rings is 2. The first-order chi connectivity index (χ1) is 12.1. The molecule has 126 valence electrons. The van der Waals surface area contributed by atoms with Gasteiger partial charge in [0.25, 0.3) is 0 Å². The molecule has 0 radical (unpaired) electrons. The Balaban J connectivity index is 1.58. The van der Waals surface area contributed by atoms with Crippen LogP contribution in [0.4, 0.5) is 16.2 Å². The molecule has 0 saturated heterocycles. The van der Waals surface area contributed by atoms with Gasteiger partial charge in [0, 0.05) is 23.6 Å². The van der Waals surface area contributed by atoms with Gasteiger partial charge in [-0.1, -0.05) is 17.7 Å². The van der Waals surface area contributed by atoms with Crippen LogP contribution in [0.5, 0.6) is 11.5 Å². The van der Waals surface area contributed by atoms with Crippen LogP contribution in [0, 0.1) is 6.92 Å². The number of urea groups is 1. The van der Waals surface area contributed by atoms with E-state index in [1.54, 1.807) is 30.3 Å². The van der Waals surface area contributed by atoms with Gasteiger partial charge in [0.2, 0.25) is 5.56 Å². The van der Waals surface area contributed by atoms with Gasteiger partial charge >= 0.3 is 6.03 Å². The fourth-order valence-corrected chi connectivity index (χ4v) is 2.13. The third kappa shape index (κ3) is 4.71. The van der Waals surface area contributed by atoms with Gasteiger partial charge in [0.05, 0.1) is 0 Å². The Morgan fingerprint density at radius 3 is 1.96 bits per heavy atom. The van der Waals surface area contributed by atoms with Gasteiger partial charge in [0.15, 0.2) is 0 Å². The molecule has 6 heteroatoms. The Kier molecular flexibility index (Phi) is 4.80. The molecule has 0 aliphatic rings. The summed E-state index contributed by atoms with van der Waals surface area (Å²) in [6, 6.07) is 17.1. The highest BCUT2D eigenvalue weighted by Crippen LogP contribution is 2.21. The molecule has 0 unspecified atom stereocenters. The van der Waals surface area contributed by atoms with Crippen molar-refractivity contribution in [1.29, 1.82) is 0 Å². The van der Waals surface area contributed by atoms with Gasteiger partial charge < -0.3 is 20.4 Å². The van der Waals surface area contributed by atoms with E-state index in [1.807, 2.05) is 31.2 Å². The van der Waals surface area contributed by atoms with E-state index in [4.69, 9.17) is 4.74 Å². The lowest BCUT2D eigenvalue weighted by Crippen LogP contribution is -2.19. The molecule has 1 heterocycles. The lowest BCUT2D eigenvalue weighted by molar-refractivity contribution is 0.262. The van der Waals surface area contributed by atoms with Crippen molar-refractivity contribution in [3.63, 3.8) is 0 Å². The largest absolute Gasteiger partial charge is 0.456 e. The molecule has 6 nitrogen and oxygen atoms in total. The number of H-pyrrole nitrogens is 1. The molecule has 2 aromatic carbocycles. The molecule has 0 spiro atoms. The summed E-state index contributed by atoms with van der Waals surface area (Å²) in [5, 5.41) is 5.51. The average Bonchev–Trinajstić information content (AvgIpc) is 2.61. The quantitative estimate of drug-likeness (QED) is 0.670. The number of amides is 2. The van der Waals surface area contributed by atoms with Gasteiger partial charge in [-0.15, -0.1) is 0 Å². The summed E-state index contributed by atoms with van der Waals surface area (Å²) in [6.45, 7) is 1.99. The van der Waals surface area contributed by atoms with Crippen molar-refractivity contribution in [2.45, 2.75) is 6.92 Å². The molecule has 0 fully saturated rings. The zero-order valence-electron chi connectivity index (χ0n) is 13.6. The smallest absolute Gasteiger partial charge is 0.323 e. The number of aromatic nitrogens is 1. The van der Waals surface area contributed by atoms with Crippen LogP contribution in [0.3, 0.4) is 0 Å². The third-order valence-electron chi connectivity index (χ3n) is 3.41. The molecule has 3 rings (SSSR count). The summed E-state index contributed by atoms with van der Waals surface area (Å²) in [5.74, 6) is 1.12. The van der Waals surface area contributed by atoms with Gasteiger partial charge in [-0.25, -0.2) is 4.79 Å². The highest BCUT2D eigenvalue weighted by molar-refractivity contribution is 5.99. The summed E-state index contributed by atoms with van der Waals surface area (Å²) >= 11 is 0. The molecule has 1 aromatic heterocycles. The Bertz CT molecular complexity index is 895. The van der Waals surface area contributed by atoms with Gasteiger partial charge in [-0.05, 0) is 49.4 Å². The van der Waals surface area contributed by atoms with E-state index in [0.717, 1.165) is 11.3 Å². The number of aromatic amines is 1. The fraction of sp³-hybridized carbons (Fsp3) is 0.0526. The maximum atomic E-state index is 12.0. The van der Waals surface area contributed by atoms with Crippen molar-refractivity contribution in [2.75, 3.05) is 10.6 Å². The van der Waals surface area contributed by atoms with Crippen LogP contribution < -0.4 is 20.9 Å². The third-order valence-corrected chi connectivity index (χ3v) is 3.41. The zero-order chi connectivity index (χ0) is 17.6. The van der Waals surface area contributed by atoms with Crippen LogP contribution in [-0.4, -0.2) is 11.0 Å². The minimum absolute atomic E-state index is 0.188. The first-order valence-corrected chi connectivity index (χ1v) is 7.70. The highest BCUT2D eigenvalue weighted by Gasteiger charge is 2.03. The van der Waals surface area contributed by atoms with Crippen molar-refractivity contribution < 1.29 is 9.53 Å². The highest BCUT2D eigenvalue weighted by atomic mass is 16.5. The Morgan fingerprint density at radius 1 is 0.840 bits per heavy atom. The Morgan fingerprint density at radius 2 is 1.40 bits per heavy atom. The lowest BCUT2D eigenvalue weighted by atomic mass is 10.2. The molecule has 0 bridgehead atoms. The molecule has 25 heavy (non-hydrogen) atoms. The summed E-state index contributed by atoms with van der Waals surface area (Å²) < 4.78 is 5.60. The maximum Gasteiger partial charge on any atom is 0.323 e. The van der Waals surface area contributed by atoms with Crippen LogP contribution in [0.25, 0.3) is 0 Å². The van der Waals surface area contributed by atoms with Crippen molar-refractivity contribution in [3.8, 4) is 11.5 Å². The minimum atomic E-state index is -0.321. The zero-order valence-corrected chi connectivity index (χ0v) is 13.6. The number of ether oxygens (including phenoxy) is 1. The van der Waals surface area contributed by atoms with Crippen molar-refractivity contribution in [1.82, 2.24) is 4.98 Å². The number of anilines is 2. The molecule has 0 saturated carbocycles. The van der Waals surface area contributed by atoms with Crippen molar-refractivity contribution >= 4 is 17.4 Å². The van der Waals surface area contributed by atoms with Crippen LogP contribution in [0.15, 0.2) is 71.7 Å². The molecule has 3 aromatic rings. The van der Waals surface area contributed by atoms with Gasteiger partial charge in [-0.2, -0.15) is 0 Å². The number of carbonyl (C=O) groups is 1. The molecule has 0 aliphatic heterocycles. The fourth-order valence-electron chi connectivity index (χ4n) is 2.13. The number of hydrogen-bond donors (Lipinski definition) is 3. The van der Waals surface area contributed by atoms with E-state index in [-0.39, 0.29) is 11.6 Å². The first kappa shape index (κ1) is 16.3. The number of pyridine rings is 1. The summed E-state index contributed by atoms with van der Waals surface area (Å²) in [5.41, 5.74) is 2.30. The number of rotatable bonds is 4. The number of aryl methyl sites for hydroxylation is 1. The van der Waals surface area contributed by atoms with E-state index in [2.05, 4.69) is 15.6 Å². The van der Waals surface area contributed by atoms with E-state index in [1.165, 1.54) is 12.3 Å². The van der Waals surface area contributed by atoms with Crippen molar-refractivity contribution in [3.05, 3.63) is 82.8 Å². The maximum absolute atomic E-state index is 12.0. The summed E-state index contributed by atoms with van der Waals surface area (Å²) in [6.07, 6.45) is 1.49. The monoisotopic (exact) mass is 335 g/mol. The minimum Gasteiger partial charge on any atom is -0.456 e. The molecule has 0 atom stereocenters. The lowest BCUT2D eigenvalue weighted by Gasteiger charge is -2.09. The van der Waals surface area contributed by atoms with Crippen LogP contribution >= 0.6 is 0 Å². The second-order valence-electron chi connectivity index (χ2n) is 5.46. The van der Waals surface area contributed by atoms with Crippen molar-refractivity contribution in [2.24, 2.45) is 0 Å². The first-order valence-electron chi connectivity index (χ1n) is 7.70. The standard InChI is InChI=1S/C19H17N3O3/c1-13-2-4-14(5-3-13)21-19(24)22-15-6-8-16(9-7-15)25-17-10-11-18(23)20-12-17/h2-12H,1H3,(H,20,23)(H2,21,22,24). The summed E-state index contributed by atoms with van der Waals surface area (Å²) in [7, 11) is 0. The Hall–Kier alpha value is -3.54. The average molecular weight is 335 g/mol. The summed E-state index contributed by atoms with van der Waals surface area (Å²) in [4.78, 5) is 25.5. The van der Waals surface area contributed by atoms with Crippen LogP contribution in [-0.2, 0) is 0 Å². The number of carbonyl (C=O) groups excluding carboxylic acids is 1. The van der Waals surface area contributed by atoms with Gasteiger partial charge in [0.1, 0.15) is 11.5 Å². The second-order valence-corrected chi connectivity index (χ2v) is 5.46.